The number of amides is 1. The van der Waals surface area contributed by atoms with Crippen molar-refractivity contribution in [2.24, 2.45) is 0 Å². The molecule has 1 fully saturated rings. The van der Waals surface area contributed by atoms with Crippen LogP contribution in [0.5, 0.6) is 5.75 Å². The number of anilines is 1. The van der Waals surface area contributed by atoms with E-state index in [9.17, 15) is 4.79 Å². The van der Waals surface area contributed by atoms with E-state index in [0.29, 0.717) is 10.8 Å². The highest BCUT2D eigenvalue weighted by atomic mass is 127. The molecule has 26 heavy (non-hydrogen) atoms. The fourth-order valence-corrected chi connectivity index (χ4v) is 5.10. The maximum absolute atomic E-state index is 12.9. The molecular formula is C19H16I2N2O2S. The summed E-state index contributed by atoms with van der Waals surface area (Å²) in [4.78, 5) is 14.5. The Morgan fingerprint density at radius 2 is 1.88 bits per heavy atom. The van der Waals surface area contributed by atoms with Gasteiger partial charge in [0.25, 0.3) is 5.91 Å². The first-order valence-electron chi connectivity index (χ1n) is 7.79. The van der Waals surface area contributed by atoms with Gasteiger partial charge in [-0.25, -0.2) is 0 Å². The fourth-order valence-electron chi connectivity index (χ4n) is 2.69. The highest BCUT2D eigenvalue weighted by Crippen LogP contribution is 2.31. The summed E-state index contributed by atoms with van der Waals surface area (Å²) in [5.41, 5.74) is 4.33. The number of hydrogen-bond acceptors (Lipinski definition) is 3. The monoisotopic (exact) mass is 590 g/mol. The van der Waals surface area contributed by atoms with Gasteiger partial charge >= 0.3 is 0 Å². The molecule has 2 aromatic carbocycles. The van der Waals surface area contributed by atoms with Crippen LogP contribution >= 0.6 is 57.4 Å². The van der Waals surface area contributed by atoms with Crippen molar-refractivity contribution in [3.63, 3.8) is 0 Å². The summed E-state index contributed by atoms with van der Waals surface area (Å²) in [5, 5.41) is 3.41. The third-order valence-corrected chi connectivity index (χ3v) is 5.88. The minimum Gasteiger partial charge on any atom is -0.495 e. The lowest BCUT2D eigenvalue weighted by Crippen LogP contribution is -2.30. The molecule has 0 aromatic heterocycles. The Kier molecular flexibility index (Phi) is 5.88. The van der Waals surface area contributed by atoms with Crippen molar-refractivity contribution < 1.29 is 9.53 Å². The van der Waals surface area contributed by atoms with Crippen LogP contribution in [-0.4, -0.2) is 18.1 Å². The molecule has 2 aromatic rings. The van der Waals surface area contributed by atoms with E-state index in [0.717, 1.165) is 29.7 Å². The van der Waals surface area contributed by atoms with Gasteiger partial charge in [-0.05, 0) is 113 Å². The first kappa shape index (κ1) is 19.6. The standard InChI is InChI=1S/C19H16I2N2O2S/c1-10-4-5-14(6-11(10)2)23-18(24)16(22-19(23)26)8-12-7-13(20)9-15(21)17(12)25-3/h4-9H,1-3H3,(H,22,26). The van der Waals surface area contributed by atoms with Crippen LogP contribution in [0.1, 0.15) is 16.7 Å². The minimum atomic E-state index is -0.172. The summed E-state index contributed by atoms with van der Waals surface area (Å²) in [6, 6.07) is 9.88. The number of rotatable bonds is 3. The Hall–Kier alpha value is -1.20. The van der Waals surface area contributed by atoms with E-state index in [2.05, 4.69) is 50.5 Å². The first-order chi connectivity index (χ1) is 12.3. The van der Waals surface area contributed by atoms with E-state index in [-0.39, 0.29) is 5.91 Å². The molecule has 4 nitrogen and oxygen atoms in total. The molecule has 1 amide bonds. The summed E-state index contributed by atoms with van der Waals surface area (Å²) in [7, 11) is 1.63. The highest BCUT2D eigenvalue weighted by Gasteiger charge is 2.32. The van der Waals surface area contributed by atoms with Crippen molar-refractivity contribution in [3.8, 4) is 5.75 Å². The molecular weight excluding hydrogens is 574 g/mol. The second-order valence-electron chi connectivity index (χ2n) is 5.91. The molecule has 134 valence electrons. The summed E-state index contributed by atoms with van der Waals surface area (Å²) < 4.78 is 7.56. The van der Waals surface area contributed by atoms with Gasteiger partial charge in [-0.3, -0.25) is 9.69 Å². The summed E-state index contributed by atoms with van der Waals surface area (Å²) in [5.74, 6) is 0.567. The predicted octanol–water partition coefficient (Wildman–Crippen LogP) is 4.78. The number of nitrogens with zero attached hydrogens (tertiary/aromatic N) is 1. The van der Waals surface area contributed by atoms with Crippen LogP contribution < -0.4 is 15.0 Å². The molecule has 0 radical (unpaired) electrons. The third kappa shape index (κ3) is 3.74. The van der Waals surface area contributed by atoms with Crippen LogP contribution in [0.3, 0.4) is 0 Å². The molecule has 0 atom stereocenters. The molecule has 1 aliphatic rings. The number of hydrogen-bond donors (Lipinski definition) is 1. The van der Waals surface area contributed by atoms with E-state index < -0.39 is 0 Å². The Morgan fingerprint density at radius 1 is 1.15 bits per heavy atom. The van der Waals surface area contributed by atoms with Crippen LogP contribution in [0.4, 0.5) is 5.69 Å². The van der Waals surface area contributed by atoms with Gasteiger partial charge in [-0.1, -0.05) is 6.07 Å². The Balaban J connectivity index is 2.01. The normalized spacial score (nSPS) is 15.6. The van der Waals surface area contributed by atoms with Gasteiger partial charge in [0.1, 0.15) is 11.4 Å². The Bertz CT molecular complexity index is 957. The Morgan fingerprint density at radius 3 is 2.54 bits per heavy atom. The molecule has 1 aliphatic heterocycles. The fraction of sp³-hybridized carbons (Fsp3) is 0.158. The molecule has 0 saturated carbocycles. The SMILES string of the molecule is COc1c(I)cc(I)cc1C=C1NC(=S)N(c2ccc(C)c(C)c2)C1=O. The van der Waals surface area contributed by atoms with Crippen molar-refractivity contribution in [2.45, 2.75) is 13.8 Å². The van der Waals surface area contributed by atoms with Gasteiger partial charge in [-0.15, -0.1) is 0 Å². The summed E-state index contributed by atoms with van der Waals surface area (Å²) in [6.07, 6.45) is 1.79. The molecule has 3 rings (SSSR count). The van der Waals surface area contributed by atoms with Crippen LogP contribution in [0.15, 0.2) is 36.0 Å². The molecule has 1 saturated heterocycles. The number of ether oxygens (including phenoxy) is 1. The van der Waals surface area contributed by atoms with Crippen LogP contribution in [0.2, 0.25) is 0 Å². The number of thiocarbonyl (C=S) groups is 1. The number of nitrogens with one attached hydrogen (secondary N) is 1. The Labute approximate surface area is 185 Å². The lowest BCUT2D eigenvalue weighted by Gasteiger charge is -2.15. The zero-order valence-electron chi connectivity index (χ0n) is 14.4. The number of aryl methyl sites for hydroxylation is 2. The van der Waals surface area contributed by atoms with Crippen LogP contribution in [-0.2, 0) is 4.79 Å². The van der Waals surface area contributed by atoms with Crippen molar-refractivity contribution >= 4 is 80.2 Å². The lowest BCUT2D eigenvalue weighted by atomic mass is 10.1. The summed E-state index contributed by atoms with van der Waals surface area (Å²) >= 11 is 9.88. The summed E-state index contributed by atoms with van der Waals surface area (Å²) in [6.45, 7) is 4.06. The average Bonchev–Trinajstić information content (AvgIpc) is 2.84. The molecule has 0 aliphatic carbocycles. The maximum atomic E-state index is 12.9. The van der Waals surface area contributed by atoms with Gasteiger partial charge in [0.05, 0.1) is 16.4 Å². The van der Waals surface area contributed by atoms with E-state index in [1.54, 1.807) is 13.2 Å². The van der Waals surface area contributed by atoms with E-state index in [4.69, 9.17) is 17.0 Å². The van der Waals surface area contributed by atoms with Gasteiger partial charge in [0.15, 0.2) is 5.11 Å². The molecule has 0 spiro atoms. The number of halogens is 2. The van der Waals surface area contributed by atoms with E-state index in [1.807, 2.05) is 44.2 Å². The van der Waals surface area contributed by atoms with Crippen molar-refractivity contribution in [1.29, 1.82) is 0 Å². The largest absolute Gasteiger partial charge is 0.495 e. The zero-order valence-corrected chi connectivity index (χ0v) is 19.5. The molecule has 0 bridgehead atoms. The molecule has 0 unspecified atom stereocenters. The average molecular weight is 590 g/mol. The van der Waals surface area contributed by atoms with Gasteiger partial charge in [0, 0.05) is 9.13 Å². The molecule has 1 heterocycles. The highest BCUT2D eigenvalue weighted by molar-refractivity contribution is 14.1. The van der Waals surface area contributed by atoms with Crippen molar-refractivity contribution in [3.05, 3.63) is 59.9 Å². The smallest absolute Gasteiger partial charge is 0.281 e. The first-order valence-corrected chi connectivity index (χ1v) is 10.4. The second kappa shape index (κ2) is 7.81. The molecule has 7 heteroatoms. The lowest BCUT2D eigenvalue weighted by molar-refractivity contribution is -0.113. The number of benzene rings is 2. The topological polar surface area (TPSA) is 41.6 Å². The van der Waals surface area contributed by atoms with Crippen LogP contribution in [0, 0.1) is 21.0 Å². The minimum absolute atomic E-state index is 0.172. The number of methoxy groups -OCH3 is 1. The van der Waals surface area contributed by atoms with Gasteiger partial charge < -0.3 is 10.1 Å². The van der Waals surface area contributed by atoms with E-state index in [1.165, 1.54) is 10.5 Å². The zero-order chi connectivity index (χ0) is 19.0. The quantitative estimate of drug-likeness (QED) is 0.318. The van der Waals surface area contributed by atoms with Gasteiger partial charge in [0.2, 0.25) is 0 Å². The van der Waals surface area contributed by atoms with Gasteiger partial charge in [-0.2, -0.15) is 0 Å². The molecule has 1 N–H and O–H groups in total. The predicted molar refractivity (Wildman–Crippen MR) is 126 cm³/mol. The van der Waals surface area contributed by atoms with Crippen molar-refractivity contribution in [1.82, 2.24) is 5.32 Å². The second-order valence-corrected chi connectivity index (χ2v) is 8.70. The number of carbonyl (C=O) groups excluding carboxylic acids is 1. The van der Waals surface area contributed by atoms with Crippen molar-refractivity contribution in [2.75, 3.05) is 12.0 Å². The maximum Gasteiger partial charge on any atom is 0.281 e. The van der Waals surface area contributed by atoms with E-state index >= 15 is 0 Å². The third-order valence-electron chi connectivity index (χ3n) is 4.17. The number of carbonyl (C=O) groups is 1. The van der Waals surface area contributed by atoms with Crippen LogP contribution in [0.25, 0.3) is 6.08 Å².